The number of anilines is 1. The van der Waals surface area contributed by atoms with Gasteiger partial charge in [-0.1, -0.05) is 29.0 Å². The van der Waals surface area contributed by atoms with Gasteiger partial charge in [0.1, 0.15) is 5.41 Å². The molecule has 0 radical (unpaired) electrons. The van der Waals surface area contributed by atoms with Gasteiger partial charge in [0.15, 0.2) is 10.3 Å². The van der Waals surface area contributed by atoms with Crippen LogP contribution in [-0.4, -0.2) is 45.1 Å². The lowest BCUT2D eigenvalue weighted by Crippen LogP contribution is -2.53. The Morgan fingerprint density at radius 1 is 1.23 bits per heavy atom. The zero-order valence-corrected chi connectivity index (χ0v) is 17.4. The average molecular weight is 456 g/mol. The van der Waals surface area contributed by atoms with Crippen molar-refractivity contribution >= 4 is 44.3 Å². The molecule has 6 nitrogen and oxygen atoms in total. The summed E-state index contributed by atoms with van der Waals surface area (Å²) < 4.78 is 43.0. The van der Waals surface area contributed by atoms with E-state index in [-0.39, 0.29) is 36.8 Å². The minimum Gasteiger partial charge on any atom is -0.324 e. The molecule has 3 aromatic rings. The van der Waals surface area contributed by atoms with Gasteiger partial charge in [0.25, 0.3) is 0 Å². The predicted octanol–water partition coefficient (Wildman–Crippen LogP) is 5.18. The smallest absolute Gasteiger partial charge is 0.324 e. The number of fused-ring (bicyclic) bond motifs is 1. The summed E-state index contributed by atoms with van der Waals surface area (Å²) in [6.45, 7) is 1.76. The lowest BCUT2D eigenvalue weighted by atomic mass is 9.75. The van der Waals surface area contributed by atoms with Crippen molar-refractivity contribution < 1.29 is 18.0 Å². The number of nitrogens with zero attached hydrogens (tertiary/aromatic N) is 4. The number of thiazole rings is 1. The minimum atomic E-state index is -4.57. The van der Waals surface area contributed by atoms with E-state index in [9.17, 15) is 18.0 Å². The Labute approximate surface area is 179 Å². The molecule has 2 amide bonds. The fourth-order valence-electron chi connectivity index (χ4n) is 3.65. The van der Waals surface area contributed by atoms with Crippen molar-refractivity contribution in [2.24, 2.45) is 0 Å². The Kier molecular flexibility index (Phi) is 5.31. The Morgan fingerprint density at radius 2 is 1.93 bits per heavy atom. The number of likely N-dealkylation sites (tertiary alicyclic amines) is 1. The lowest BCUT2D eigenvalue weighted by Gasteiger charge is -2.42. The van der Waals surface area contributed by atoms with Gasteiger partial charge in [-0.15, -0.1) is 0 Å². The summed E-state index contributed by atoms with van der Waals surface area (Å²) in [5, 5.41) is 2.84. The van der Waals surface area contributed by atoms with Crippen molar-refractivity contribution in [1.82, 2.24) is 19.9 Å². The number of nitrogens with one attached hydrogen (secondary N) is 1. The number of aromatic nitrogens is 3. The molecule has 0 aliphatic carbocycles. The zero-order valence-electron chi connectivity index (χ0n) is 15.8. The topological polar surface area (TPSA) is 71.0 Å². The van der Waals surface area contributed by atoms with Crippen molar-refractivity contribution in [3.63, 3.8) is 0 Å². The monoisotopic (exact) mass is 455 g/mol. The fourth-order valence-corrected chi connectivity index (χ4v) is 4.77. The summed E-state index contributed by atoms with van der Waals surface area (Å²) in [4.78, 5) is 26.0. The van der Waals surface area contributed by atoms with E-state index in [4.69, 9.17) is 11.6 Å². The third-order valence-electron chi connectivity index (χ3n) is 5.31. The van der Waals surface area contributed by atoms with E-state index >= 15 is 0 Å². The van der Waals surface area contributed by atoms with Gasteiger partial charge in [-0.25, -0.2) is 14.8 Å². The van der Waals surface area contributed by atoms with Crippen LogP contribution in [0.5, 0.6) is 0 Å². The van der Waals surface area contributed by atoms with Crippen LogP contribution in [0.15, 0.2) is 30.6 Å². The summed E-state index contributed by atoms with van der Waals surface area (Å²) in [7, 11) is 0. The first kappa shape index (κ1) is 20.8. The van der Waals surface area contributed by atoms with Gasteiger partial charge >= 0.3 is 12.2 Å². The first-order chi connectivity index (χ1) is 14.2. The third kappa shape index (κ3) is 3.69. The molecule has 4 rings (SSSR count). The summed E-state index contributed by atoms with van der Waals surface area (Å²) in [5.74, 6) is 0. The molecule has 0 bridgehead atoms. The third-order valence-corrected chi connectivity index (χ3v) is 6.54. The number of alkyl halides is 3. The molecule has 1 aliphatic rings. The van der Waals surface area contributed by atoms with Gasteiger partial charge < -0.3 is 4.90 Å². The number of rotatable bonds is 2. The van der Waals surface area contributed by atoms with Gasteiger partial charge in [-0.2, -0.15) is 13.2 Å². The molecule has 3 heterocycles. The van der Waals surface area contributed by atoms with Crippen molar-refractivity contribution in [3.05, 3.63) is 47.0 Å². The molecule has 0 saturated carbocycles. The largest absolute Gasteiger partial charge is 0.400 e. The van der Waals surface area contributed by atoms with E-state index in [1.165, 1.54) is 28.6 Å². The molecule has 1 saturated heterocycles. The van der Waals surface area contributed by atoms with Crippen LogP contribution < -0.4 is 5.32 Å². The van der Waals surface area contributed by atoms with Gasteiger partial charge in [0.2, 0.25) is 0 Å². The second-order valence-electron chi connectivity index (χ2n) is 7.18. The van der Waals surface area contributed by atoms with E-state index < -0.39 is 17.6 Å². The van der Waals surface area contributed by atoms with Crippen LogP contribution in [0.4, 0.5) is 23.1 Å². The van der Waals surface area contributed by atoms with Crippen molar-refractivity contribution in [1.29, 1.82) is 0 Å². The van der Waals surface area contributed by atoms with Gasteiger partial charge in [0, 0.05) is 25.5 Å². The Hall–Kier alpha value is -2.46. The molecule has 1 aliphatic heterocycles. The first-order valence-corrected chi connectivity index (χ1v) is 10.4. The molecule has 1 fully saturated rings. The van der Waals surface area contributed by atoms with Crippen LogP contribution in [-0.2, 0) is 5.41 Å². The van der Waals surface area contributed by atoms with Crippen molar-refractivity contribution in [3.8, 4) is 0 Å². The maximum absolute atomic E-state index is 14.0. The van der Waals surface area contributed by atoms with Crippen molar-refractivity contribution in [2.45, 2.75) is 31.4 Å². The number of halogens is 4. The Bertz CT molecular complexity index is 1100. The van der Waals surface area contributed by atoms with Crippen LogP contribution in [0.3, 0.4) is 0 Å². The van der Waals surface area contributed by atoms with Gasteiger partial charge in [-0.3, -0.25) is 10.3 Å². The molecule has 1 aromatic carbocycles. The minimum absolute atomic E-state index is 0.0950. The second kappa shape index (κ2) is 7.66. The molecule has 11 heteroatoms. The summed E-state index contributed by atoms with van der Waals surface area (Å²) in [6.07, 6.45) is -2.82. The maximum atomic E-state index is 14.0. The molecule has 30 heavy (non-hydrogen) atoms. The molecule has 1 N–H and O–H groups in total. The number of hydrogen-bond donors (Lipinski definition) is 1. The molecule has 2 aromatic heterocycles. The highest BCUT2D eigenvalue weighted by Gasteiger charge is 2.59. The first-order valence-electron chi connectivity index (χ1n) is 9.16. The van der Waals surface area contributed by atoms with Crippen LogP contribution in [0.2, 0.25) is 5.15 Å². The standard InChI is InChI=1S/C19H17ClF3N5OS/c1-11-2-3-13-12(10-11)26-16(30-13)27-17(29)28-8-4-18(5-9-28,19(21,22)23)14-15(20)25-7-6-24-14/h2-3,6-7,10H,4-5,8-9H2,1H3,(H,26,27,29). The van der Waals surface area contributed by atoms with Gasteiger partial charge in [-0.05, 0) is 37.5 Å². The highest BCUT2D eigenvalue weighted by molar-refractivity contribution is 7.22. The molecular formula is C19H17ClF3N5OS. The summed E-state index contributed by atoms with van der Waals surface area (Å²) in [5.41, 5.74) is -0.710. The summed E-state index contributed by atoms with van der Waals surface area (Å²) in [6, 6.07) is 5.29. The van der Waals surface area contributed by atoms with Crippen LogP contribution in [0.1, 0.15) is 24.1 Å². The van der Waals surface area contributed by atoms with E-state index in [2.05, 4.69) is 20.3 Å². The Morgan fingerprint density at radius 3 is 2.60 bits per heavy atom. The molecule has 0 atom stereocenters. The van der Waals surface area contributed by atoms with Crippen molar-refractivity contribution in [2.75, 3.05) is 18.4 Å². The second-order valence-corrected chi connectivity index (χ2v) is 8.57. The fraction of sp³-hybridized carbons (Fsp3) is 0.368. The zero-order chi connectivity index (χ0) is 21.5. The quantitative estimate of drug-likeness (QED) is 0.578. The number of piperidine rings is 1. The molecule has 0 unspecified atom stereocenters. The van der Waals surface area contributed by atoms with Crippen LogP contribution in [0.25, 0.3) is 10.2 Å². The van der Waals surface area contributed by atoms with Gasteiger partial charge in [0.05, 0.1) is 15.9 Å². The highest BCUT2D eigenvalue weighted by Crippen LogP contribution is 2.49. The highest BCUT2D eigenvalue weighted by atomic mass is 35.5. The number of benzene rings is 1. The Balaban J connectivity index is 1.50. The van der Waals surface area contributed by atoms with E-state index in [1.54, 1.807) is 0 Å². The number of carbonyl (C=O) groups excluding carboxylic acids is 1. The number of aryl methyl sites for hydroxylation is 1. The molecular weight excluding hydrogens is 439 g/mol. The van der Waals surface area contributed by atoms with Crippen LogP contribution in [0, 0.1) is 6.92 Å². The lowest BCUT2D eigenvalue weighted by molar-refractivity contribution is -0.202. The predicted molar refractivity (Wildman–Crippen MR) is 109 cm³/mol. The number of urea groups is 1. The van der Waals surface area contributed by atoms with E-state index in [1.807, 2.05) is 25.1 Å². The van der Waals surface area contributed by atoms with E-state index in [0.717, 1.165) is 15.8 Å². The maximum Gasteiger partial charge on any atom is 0.400 e. The van der Waals surface area contributed by atoms with E-state index in [0.29, 0.717) is 5.13 Å². The number of amides is 2. The van der Waals surface area contributed by atoms with Crippen LogP contribution >= 0.6 is 22.9 Å². The molecule has 0 spiro atoms. The number of carbonyl (C=O) groups is 1. The SMILES string of the molecule is Cc1ccc2sc(NC(=O)N3CCC(c4nccnc4Cl)(C(F)(F)F)CC3)nc2c1. The average Bonchev–Trinajstić information content (AvgIpc) is 3.08. The normalized spacial score (nSPS) is 16.6. The molecule has 158 valence electrons. The number of hydrogen-bond acceptors (Lipinski definition) is 5. The summed E-state index contributed by atoms with van der Waals surface area (Å²) >= 11 is 7.25.